The van der Waals surface area contributed by atoms with Gasteiger partial charge in [-0.1, -0.05) is 170 Å². The zero-order chi connectivity index (χ0) is 39.3. The lowest BCUT2D eigenvalue weighted by Crippen LogP contribution is -2.30. The summed E-state index contributed by atoms with van der Waals surface area (Å²) in [7, 11) is 0. The summed E-state index contributed by atoms with van der Waals surface area (Å²) in [6, 6.07) is 0. The number of ether oxygens (including phenoxy) is 3. The first-order valence-electron chi connectivity index (χ1n) is 22.1. The predicted octanol–water partition coefficient (Wildman–Crippen LogP) is 14.6. The summed E-state index contributed by atoms with van der Waals surface area (Å²) in [6.07, 6.45) is 57.3. The highest BCUT2D eigenvalue weighted by atomic mass is 16.6. The lowest BCUT2D eigenvalue weighted by Gasteiger charge is -2.18. The number of unbranched alkanes of at least 4 members (excludes halogenated alkanes) is 14. The number of rotatable bonds is 39. The van der Waals surface area contributed by atoms with Crippen LogP contribution in [0.3, 0.4) is 0 Å². The normalized spacial score (nSPS) is 13.0. The molecule has 0 fully saturated rings. The molecule has 0 aliphatic carbocycles. The predicted molar refractivity (Wildman–Crippen MR) is 233 cm³/mol. The van der Waals surface area contributed by atoms with E-state index in [1.165, 1.54) is 38.5 Å². The van der Waals surface area contributed by atoms with E-state index in [-0.39, 0.29) is 25.2 Å². The number of carbonyl (C=O) groups is 2. The Balaban J connectivity index is 4.26. The van der Waals surface area contributed by atoms with Gasteiger partial charge in [0, 0.05) is 19.4 Å². The van der Waals surface area contributed by atoms with Gasteiger partial charge in [0.25, 0.3) is 0 Å². The van der Waals surface area contributed by atoms with Gasteiger partial charge in [0.2, 0.25) is 0 Å². The summed E-state index contributed by atoms with van der Waals surface area (Å²) >= 11 is 0. The fraction of sp³-hybridized carbons (Fsp3) is 0.673. The number of hydrogen-bond acceptors (Lipinski definition) is 5. The Kier molecular flexibility index (Phi) is 42.1. The van der Waals surface area contributed by atoms with E-state index in [9.17, 15) is 9.59 Å². The summed E-state index contributed by atoms with van der Waals surface area (Å²) in [5, 5.41) is 0. The molecule has 0 aliphatic rings. The number of carbonyl (C=O) groups excluding carboxylic acids is 2. The fourth-order valence-corrected chi connectivity index (χ4v) is 5.69. The maximum absolute atomic E-state index is 12.6. The first-order valence-corrected chi connectivity index (χ1v) is 22.1. The van der Waals surface area contributed by atoms with Gasteiger partial charge in [0.05, 0.1) is 6.61 Å². The topological polar surface area (TPSA) is 61.8 Å². The molecule has 308 valence electrons. The maximum Gasteiger partial charge on any atom is 0.306 e. The largest absolute Gasteiger partial charge is 0.462 e. The van der Waals surface area contributed by atoms with Crippen molar-refractivity contribution in [3.05, 3.63) is 85.1 Å². The average molecular weight is 751 g/mol. The Morgan fingerprint density at radius 2 is 0.833 bits per heavy atom. The molecule has 1 unspecified atom stereocenters. The van der Waals surface area contributed by atoms with E-state index >= 15 is 0 Å². The minimum atomic E-state index is -0.557. The lowest BCUT2D eigenvalue weighted by molar-refractivity contribution is -0.163. The van der Waals surface area contributed by atoms with Crippen molar-refractivity contribution < 1.29 is 23.8 Å². The molecule has 5 nitrogen and oxygen atoms in total. The van der Waals surface area contributed by atoms with Crippen molar-refractivity contribution >= 4 is 11.9 Å². The van der Waals surface area contributed by atoms with Gasteiger partial charge in [-0.3, -0.25) is 9.59 Å². The zero-order valence-corrected chi connectivity index (χ0v) is 35.2. The molecule has 0 amide bonds. The Morgan fingerprint density at radius 3 is 1.33 bits per heavy atom. The van der Waals surface area contributed by atoms with E-state index in [1.54, 1.807) is 0 Å². The number of allylic oxidation sites excluding steroid dienone is 14. The van der Waals surface area contributed by atoms with Crippen LogP contribution in [0.25, 0.3) is 0 Å². The minimum absolute atomic E-state index is 0.0599. The van der Waals surface area contributed by atoms with Crippen LogP contribution in [0.2, 0.25) is 0 Å². The number of esters is 2. The second-order valence-electron chi connectivity index (χ2n) is 14.2. The molecule has 0 N–H and O–H groups in total. The van der Waals surface area contributed by atoms with Crippen LogP contribution in [0.15, 0.2) is 85.1 Å². The van der Waals surface area contributed by atoms with Crippen molar-refractivity contribution in [2.75, 3.05) is 19.8 Å². The van der Waals surface area contributed by atoms with E-state index in [2.05, 4.69) is 106 Å². The van der Waals surface area contributed by atoms with Gasteiger partial charge >= 0.3 is 11.9 Å². The van der Waals surface area contributed by atoms with Gasteiger partial charge in [-0.25, -0.2) is 0 Å². The van der Waals surface area contributed by atoms with Gasteiger partial charge in [-0.2, -0.15) is 0 Å². The third kappa shape index (κ3) is 41.8. The first kappa shape index (κ1) is 51.1. The summed E-state index contributed by atoms with van der Waals surface area (Å²) in [6.45, 7) is 7.47. The van der Waals surface area contributed by atoms with E-state index in [1.807, 2.05) is 0 Å². The Morgan fingerprint density at radius 1 is 0.426 bits per heavy atom. The standard InChI is InChI=1S/C49H82O5/c1-4-7-10-13-16-18-20-22-24-25-26-27-29-31-34-36-39-42-48(50)53-46-47(54-49(51)43-40-37-33-15-12-9-6-3)45-52-44-41-38-35-32-30-28-23-21-19-17-14-11-8-5-2/h7-8,10-11,16-19,22-24,26-28,47H,4-6,9,12-15,20-21,25,29-46H2,1-3H3/b10-7-,11-8-,18-16-,19-17-,24-22-,27-26-,28-23-. The van der Waals surface area contributed by atoms with Crippen LogP contribution in [-0.2, 0) is 23.8 Å². The Hall–Kier alpha value is -2.92. The van der Waals surface area contributed by atoms with Crippen LogP contribution in [0.1, 0.15) is 188 Å². The van der Waals surface area contributed by atoms with Crippen molar-refractivity contribution in [2.24, 2.45) is 0 Å². The summed E-state index contributed by atoms with van der Waals surface area (Å²) in [5.41, 5.74) is 0. The van der Waals surface area contributed by atoms with E-state index in [4.69, 9.17) is 14.2 Å². The quantitative estimate of drug-likeness (QED) is 0.0356. The smallest absolute Gasteiger partial charge is 0.306 e. The summed E-state index contributed by atoms with van der Waals surface area (Å²) in [4.78, 5) is 25.1. The lowest BCUT2D eigenvalue weighted by atomic mass is 10.1. The van der Waals surface area contributed by atoms with Gasteiger partial charge in [-0.15, -0.1) is 0 Å². The molecule has 0 aromatic carbocycles. The monoisotopic (exact) mass is 751 g/mol. The van der Waals surface area contributed by atoms with Crippen LogP contribution in [0, 0.1) is 0 Å². The SMILES string of the molecule is CC/C=C\C/C=C\C/C=C\C/C=C\CCCCCCC(=O)OCC(COCCCCCC/C=C\C/C=C\C/C=C\CC)OC(=O)CCCCCCCCC. The third-order valence-corrected chi connectivity index (χ3v) is 8.93. The van der Waals surface area contributed by atoms with Crippen LogP contribution in [-0.4, -0.2) is 37.9 Å². The molecule has 0 radical (unpaired) electrons. The molecule has 0 heterocycles. The van der Waals surface area contributed by atoms with Gasteiger partial charge in [0.1, 0.15) is 6.61 Å². The van der Waals surface area contributed by atoms with Gasteiger partial charge in [0.15, 0.2) is 6.10 Å². The fourth-order valence-electron chi connectivity index (χ4n) is 5.69. The summed E-state index contributed by atoms with van der Waals surface area (Å²) in [5.74, 6) is -0.449. The molecular weight excluding hydrogens is 669 g/mol. The van der Waals surface area contributed by atoms with Gasteiger partial charge < -0.3 is 14.2 Å². The zero-order valence-electron chi connectivity index (χ0n) is 35.2. The van der Waals surface area contributed by atoms with E-state index in [0.29, 0.717) is 19.4 Å². The van der Waals surface area contributed by atoms with Crippen molar-refractivity contribution in [1.82, 2.24) is 0 Å². The van der Waals surface area contributed by atoms with Gasteiger partial charge in [-0.05, 0) is 89.9 Å². The van der Waals surface area contributed by atoms with Crippen molar-refractivity contribution in [2.45, 2.75) is 194 Å². The van der Waals surface area contributed by atoms with Crippen LogP contribution in [0.4, 0.5) is 0 Å². The second-order valence-corrected chi connectivity index (χ2v) is 14.2. The highest BCUT2D eigenvalue weighted by Gasteiger charge is 2.17. The average Bonchev–Trinajstić information content (AvgIpc) is 3.17. The molecule has 0 aliphatic heterocycles. The third-order valence-electron chi connectivity index (χ3n) is 8.93. The van der Waals surface area contributed by atoms with Crippen LogP contribution >= 0.6 is 0 Å². The van der Waals surface area contributed by atoms with Crippen molar-refractivity contribution in [3.8, 4) is 0 Å². The molecule has 0 rings (SSSR count). The molecule has 0 saturated heterocycles. The summed E-state index contributed by atoms with van der Waals surface area (Å²) < 4.78 is 17.2. The highest BCUT2D eigenvalue weighted by Crippen LogP contribution is 2.12. The van der Waals surface area contributed by atoms with E-state index in [0.717, 1.165) is 116 Å². The molecule has 0 spiro atoms. The van der Waals surface area contributed by atoms with Crippen molar-refractivity contribution in [3.63, 3.8) is 0 Å². The molecule has 0 aromatic rings. The molecule has 0 bridgehead atoms. The molecule has 1 atom stereocenters. The molecular formula is C49H82O5. The molecule has 5 heteroatoms. The first-order chi connectivity index (χ1) is 26.6. The van der Waals surface area contributed by atoms with Crippen molar-refractivity contribution in [1.29, 1.82) is 0 Å². The Labute approximate surface area is 333 Å². The second kappa shape index (κ2) is 44.5. The van der Waals surface area contributed by atoms with E-state index < -0.39 is 6.10 Å². The molecule has 0 saturated carbocycles. The van der Waals surface area contributed by atoms with Crippen LogP contribution in [0.5, 0.6) is 0 Å². The maximum atomic E-state index is 12.6. The Bertz CT molecular complexity index is 1030. The minimum Gasteiger partial charge on any atom is -0.462 e. The molecule has 0 aromatic heterocycles. The highest BCUT2D eigenvalue weighted by molar-refractivity contribution is 5.70. The molecule has 54 heavy (non-hydrogen) atoms. The number of hydrogen-bond donors (Lipinski definition) is 0. The van der Waals surface area contributed by atoms with Crippen LogP contribution < -0.4 is 0 Å².